The highest BCUT2D eigenvalue weighted by atomic mass is 32.2. The second kappa shape index (κ2) is 7.07. The van der Waals surface area contributed by atoms with Crippen LogP contribution < -0.4 is 5.32 Å². The van der Waals surface area contributed by atoms with E-state index in [-0.39, 0.29) is 11.6 Å². The molecule has 0 amide bonds. The minimum absolute atomic E-state index is 0.271. The number of anilines is 1. The first-order valence-corrected chi connectivity index (χ1v) is 6.19. The monoisotopic (exact) mass is 239 g/mol. The highest BCUT2D eigenvalue weighted by Crippen LogP contribution is 2.13. The number of nitrogens with one attached hydrogen (secondary N) is 1. The smallest absolute Gasteiger partial charge is 0.186 e. The molecule has 0 atom stereocenters. The first-order chi connectivity index (χ1) is 7.79. The first-order valence-electron chi connectivity index (χ1n) is 5.04. The second-order valence-corrected chi connectivity index (χ2v) is 4.13. The molecule has 3 nitrogen and oxygen atoms in total. The molecule has 0 saturated heterocycles. The van der Waals surface area contributed by atoms with Gasteiger partial charge in [-0.3, -0.25) is 0 Å². The lowest BCUT2D eigenvalue weighted by molar-refractivity contribution is 0.597. The Bertz CT molecular complexity index is 376. The molecule has 0 spiro atoms. The Kier molecular flexibility index (Phi) is 5.65. The fourth-order valence-corrected chi connectivity index (χ4v) is 1.66. The van der Waals surface area contributed by atoms with Crippen molar-refractivity contribution in [2.24, 2.45) is 0 Å². The first kappa shape index (κ1) is 12.8. The van der Waals surface area contributed by atoms with Gasteiger partial charge in [-0.1, -0.05) is 12.8 Å². The van der Waals surface area contributed by atoms with E-state index in [9.17, 15) is 4.39 Å². The summed E-state index contributed by atoms with van der Waals surface area (Å²) in [5.41, 5.74) is 0.439. The highest BCUT2D eigenvalue weighted by Gasteiger charge is 2.08. The average Bonchev–Trinajstić information content (AvgIpc) is 2.31. The zero-order valence-corrected chi connectivity index (χ0v) is 9.98. The molecule has 1 aromatic rings. The molecule has 0 aromatic carbocycles. The van der Waals surface area contributed by atoms with Crippen LogP contribution in [0.25, 0.3) is 0 Å². The van der Waals surface area contributed by atoms with E-state index in [1.165, 1.54) is 6.33 Å². The summed E-state index contributed by atoms with van der Waals surface area (Å²) in [5.74, 6) is 3.95. The van der Waals surface area contributed by atoms with Crippen LogP contribution in [0.4, 0.5) is 10.2 Å². The molecule has 0 aliphatic carbocycles. The zero-order valence-electron chi connectivity index (χ0n) is 9.16. The van der Waals surface area contributed by atoms with E-state index in [0.717, 1.165) is 5.75 Å². The molecule has 86 valence electrons. The number of aryl methyl sites for hydroxylation is 1. The standard InChI is InChI=1S/C11H14FN3S/c1-3-6-16-7-5-13-11-10(12)9(4-2)14-8-15-11/h1,8H,4-7H2,2H3,(H,13,14,15). The van der Waals surface area contributed by atoms with Gasteiger partial charge < -0.3 is 5.32 Å². The van der Waals surface area contributed by atoms with Crippen LogP contribution in [-0.2, 0) is 6.42 Å². The molecular weight excluding hydrogens is 225 g/mol. The molecule has 0 bridgehead atoms. The molecular formula is C11H14FN3S. The van der Waals surface area contributed by atoms with Crippen molar-refractivity contribution in [1.29, 1.82) is 0 Å². The van der Waals surface area contributed by atoms with Crippen LogP contribution in [0.5, 0.6) is 0 Å². The van der Waals surface area contributed by atoms with Crippen LogP contribution in [0.1, 0.15) is 12.6 Å². The number of hydrogen-bond donors (Lipinski definition) is 1. The van der Waals surface area contributed by atoms with E-state index >= 15 is 0 Å². The van der Waals surface area contributed by atoms with Gasteiger partial charge in [-0.2, -0.15) is 0 Å². The van der Waals surface area contributed by atoms with Gasteiger partial charge in [-0.25, -0.2) is 14.4 Å². The maximum atomic E-state index is 13.6. The lowest BCUT2D eigenvalue weighted by Crippen LogP contribution is -2.09. The Morgan fingerprint density at radius 1 is 1.56 bits per heavy atom. The molecule has 1 heterocycles. The summed E-state index contributed by atoms with van der Waals surface area (Å²) in [7, 11) is 0. The van der Waals surface area contributed by atoms with Gasteiger partial charge in [0, 0.05) is 12.3 Å². The number of halogens is 1. The molecule has 16 heavy (non-hydrogen) atoms. The average molecular weight is 239 g/mol. The fourth-order valence-electron chi connectivity index (χ4n) is 1.15. The Morgan fingerprint density at radius 2 is 2.38 bits per heavy atom. The van der Waals surface area contributed by atoms with E-state index in [4.69, 9.17) is 6.42 Å². The molecule has 1 rings (SSSR count). The molecule has 0 aliphatic heterocycles. The molecule has 0 radical (unpaired) electrons. The van der Waals surface area contributed by atoms with Crippen LogP contribution in [0.15, 0.2) is 6.33 Å². The van der Waals surface area contributed by atoms with Crippen molar-refractivity contribution in [1.82, 2.24) is 9.97 Å². The van der Waals surface area contributed by atoms with E-state index < -0.39 is 0 Å². The summed E-state index contributed by atoms with van der Waals surface area (Å²) in [5, 5.41) is 2.93. The normalized spacial score (nSPS) is 9.81. The van der Waals surface area contributed by atoms with Gasteiger partial charge in [0.1, 0.15) is 6.33 Å². The molecule has 5 heteroatoms. The van der Waals surface area contributed by atoms with Crippen molar-refractivity contribution in [2.75, 3.05) is 23.4 Å². The van der Waals surface area contributed by atoms with Gasteiger partial charge in [0.2, 0.25) is 0 Å². The lowest BCUT2D eigenvalue weighted by Gasteiger charge is -2.07. The zero-order chi connectivity index (χ0) is 11.8. The van der Waals surface area contributed by atoms with Crippen molar-refractivity contribution in [3.63, 3.8) is 0 Å². The summed E-state index contributed by atoms with van der Waals surface area (Å²) in [6, 6.07) is 0. The van der Waals surface area contributed by atoms with Crippen molar-refractivity contribution >= 4 is 17.6 Å². The number of hydrogen-bond acceptors (Lipinski definition) is 4. The highest BCUT2D eigenvalue weighted by molar-refractivity contribution is 7.99. The summed E-state index contributed by atoms with van der Waals surface area (Å²) in [4.78, 5) is 7.72. The minimum atomic E-state index is -0.355. The Hall–Kier alpha value is -1.28. The molecule has 0 saturated carbocycles. The summed E-state index contributed by atoms with van der Waals surface area (Å²) in [6.45, 7) is 2.50. The minimum Gasteiger partial charge on any atom is -0.367 e. The SMILES string of the molecule is C#CCSCCNc1ncnc(CC)c1F. The van der Waals surface area contributed by atoms with Gasteiger partial charge in [0.25, 0.3) is 0 Å². The largest absolute Gasteiger partial charge is 0.367 e. The predicted octanol–water partition coefficient (Wildman–Crippen LogP) is 1.96. The Labute approximate surface area is 99.3 Å². The fraction of sp³-hybridized carbons (Fsp3) is 0.455. The quantitative estimate of drug-likeness (QED) is 0.608. The summed E-state index contributed by atoms with van der Waals surface area (Å²) >= 11 is 1.62. The summed E-state index contributed by atoms with van der Waals surface area (Å²) in [6.07, 6.45) is 7.05. The van der Waals surface area contributed by atoms with E-state index in [1.807, 2.05) is 6.92 Å². The van der Waals surface area contributed by atoms with Gasteiger partial charge >= 0.3 is 0 Å². The summed E-state index contributed by atoms with van der Waals surface area (Å²) < 4.78 is 13.6. The van der Waals surface area contributed by atoms with Crippen LogP contribution in [0, 0.1) is 18.2 Å². The van der Waals surface area contributed by atoms with E-state index in [0.29, 0.717) is 24.4 Å². The van der Waals surface area contributed by atoms with Gasteiger partial charge in [-0.15, -0.1) is 18.2 Å². The van der Waals surface area contributed by atoms with Crippen LogP contribution in [-0.4, -0.2) is 28.0 Å². The van der Waals surface area contributed by atoms with Crippen LogP contribution in [0.2, 0.25) is 0 Å². The Morgan fingerprint density at radius 3 is 3.06 bits per heavy atom. The molecule has 0 unspecified atom stereocenters. The molecule has 0 aliphatic rings. The van der Waals surface area contributed by atoms with E-state index in [1.54, 1.807) is 11.8 Å². The van der Waals surface area contributed by atoms with Crippen LogP contribution >= 0.6 is 11.8 Å². The van der Waals surface area contributed by atoms with Crippen molar-refractivity contribution in [3.05, 3.63) is 17.8 Å². The molecule has 1 N–H and O–H groups in total. The Balaban J connectivity index is 2.45. The lowest BCUT2D eigenvalue weighted by atomic mass is 10.3. The van der Waals surface area contributed by atoms with Gasteiger partial charge in [-0.05, 0) is 6.42 Å². The van der Waals surface area contributed by atoms with Crippen molar-refractivity contribution in [2.45, 2.75) is 13.3 Å². The maximum absolute atomic E-state index is 13.6. The van der Waals surface area contributed by atoms with Crippen LogP contribution in [0.3, 0.4) is 0 Å². The van der Waals surface area contributed by atoms with Crippen molar-refractivity contribution < 1.29 is 4.39 Å². The molecule has 0 fully saturated rings. The predicted molar refractivity (Wildman–Crippen MR) is 66.0 cm³/mol. The number of thioether (sulfide) groups is 1. The second-order valence-electron chi connectivity index (χ2n) is 3.02. The number of aromatic nitrogens is 2. The van der Waals surface area contributed by atoms with Gasteiger partial charge in [0.05, 0.1) is 11.4 Å². The van der Waals surface area contributed by atoms with E-state index in [2.05, 4.69) is 21.2 Å². The third kappa shape index (κ3) is 3.70. The maximum Gasteiger partial charge on any atom is 0.186 e. The number of rotatable bonds is 6. The topological polar surface area (TPSA) is 37.8 Å². The number of terminal acetylenes is 1. The van der Waals surface area contributed by atoms with Gasteiger partial charge in [0.15, 0.2) is 11.6 Å². The molecule has 1 aromatic heterocycles. The van der Waals surface area contributed by atoms with Crippen molar-refractivity contribution in [3.8, 4) is 12.3 Å². The third-order valence-electron chi connectivity index (χ3n) is 1.92. The number of nitrogens with zero attached hydrogens (tertiary/aromatic N) is 2. The third-order valence-corrected chi connectivity index (χ3v) is 2.78.